The van der Waals surface area contributed by atoms with Crippen molar-refractivity contribution in [3.8, 4) is 16.9 Å². The first-order chi connectivity index (χ1) is 19.3. The number of para-hydroxylation sites is 1. The van der Waals surface area contributed by atoms with Crippen LogP contribution in [0.2, 0.25) is 0 Å². The number of benzene rings is 2. The molecule has 1 N–H and O–H groups in total. The molecule has 0 bridgehead atoms. The molecule has 0 saturated carbocycles. The van der Waals surface area contributed by atoms with Crippen molar-refractivity contribution in [1.82, 2.24) is 9.96 Å². The SMILES string of the molecule is COC1=CC=C(COc2c(CN3O[C@@H](CO)[C@H]4[C@H](C)OC(=O)[C@H]43)cccc2-c2ccc(C(=O)N(C)C)cc2)CC1. The molecule has 1 amide bonds. The topological polar surface area (TPSA) is 97.8 Å². The first-order valence-corrected chi connectivity index (χ1v) is 13.5. The third kappa shape index (κ3) is 5.50. The van der Waals surface area contributed by atoms with Gasteiger partial charge in [-0.1, -0.05) is 36.4 Å². The molecule has 2 saturated heterocycles. The maximum Gasteiger partial charge on any atom is 0.326 e. The van der Waals surface area contributed by atoms with E-state index in [1.165, 1.54) is 0 Å². The maximum absolute atomic E-state index is 12.7. The van der Waals surface area contributed by atoms with Crippen LogP contribution in [0.3, 0.4) is 0 Å². The van der Waals surface area contributed by atoms with Crippen LogP contribution in [-0.2, 0) is 25.7 Å². The van der Waals surface area contributed by atoms with Crippen LogP contribution in [0.25, 0.3) is 11.1 Å². The van der Waals surface area contributed by atoms with E-state index < -0.39 is 12.1 Å². The monoisotopic (exact) mass is 548 g/mol. The van der Waals surface area contributed by atoms with Crippen molar-refractivity contribution in [2.75, 3.05) is 34.4 Å². The number of hydrogen-bond donors (Lipinski definition) is 1. The van der Waals surface area contributed by atoms with Crippen LogP contribution in [0.15, 0.2) is 65.9 Å². The first-order valence-electron chi connectivity index (χ1n) is 13.5. The summed E-state index contributed by atoms with van der Waals surface area (Å²) in [5.74, 6) is 0.946. The first kappa shape index (κ1) is 27.9. The van der Waals surface area contributed by atoms with E-state index in [0.29, 0.717) is 17.9 Å². The van der Waals surface area contributed by atoms with E-state index in [2.05, 4.69) is 0 Å². The summed E-state index contributed by atoms with van der Waals surface area (Å²) in [6.07, 6.45) is 4.79. The number of esters is 1. The number of allylic oxidation sites excluding steroid dienone is 3. The number of ether oxygens (including phenoxy) is 3. The minimum Gasteiger partial charge on any atom is -0.501 e. The number of fused-ring (bicyclic) bond motifs is 1. The van der Waals surface area contributed by atoms with Gasteiger partial charge in [-0.3, -0.25) is 14.4 Å². The molecular formula is C31H36N2O7. The van der Waals surface area contributed by atoms with Crippen molar-refractivity contribution in [3.05, 3.63) is 77.1 Å². The molecule has 1 aliphatic carbocycles. The number of aliphatic hydroxyl groups is 1. The number of methoxy groups -OCH3 is 1. The third-order valence-electron chi connectivity index (χ3n) is 7.77. The lowest BCUT2D eigenvalue weighted by Gasteiger charge is -2.23. The number of hydroxylamine groups is 2. The molecule has 0 unspecified atom stereocenters. The molecule has 40 heavy (non-hydrogen) atoms. The molecule has 9 heteroatoms. The average molecular weight is 549 g/mol. The van der Waals surface area contributed by atoms with Crippen LogP contribution in [0.4, 0.5) is 0 Å². The van der Waals surface area contributed by atoms with Crippen molar-refractivity contribution in [3.63, 3.8) is 0 Å². The van der Waals surface area contributed by atoms with Gasteiger partial charge in [0.15, 0.2) is 0 Å². The summed E-state index contributed by atoms with van der Waals surface area (Å²) >= 11 is 0. The van der Waals surface area contributed by atoms with Gasteiger partial charge in [0, 0.05) is 37.2 Å². The van der Waals surface area contributed by atoms with Crippen molar-refractivity contribution in [2.45, 2.75) is 44.6 Å². The maximum atomic E-state index is 12.7. The van der Waals surface area contributed by atoms with Crippen LogP contribution in [0.5, 0.6) is 5.75 Å². The minimum absolute atomic E-state index is 0.0682. The highest BCUT2D eigenvalue weighted by atomic mass is 16.7. The van der Waals surface area contributed by atoms with Gasteiger partial charge in [-0.25, -0.2) is 0 Å². The lowest BCUT2D eigenvalue weighted by atomic mass is 9.92. The minimum atomic E-state index is -0.598. The highest BCUT2D eigenvalue weighted by molar-refractivity contribution is 5.94. The van der Waals surface area contributed by atoms with Crippen LogP contribution in [0.1, 0.15) is 35.7 Å². The molecule has 2 aliphatic heterocycles. The number of carbonyl (C=O) groups excluding carboxylic acids is 2. The Kier molecular flexibility index (Phi) is 8.25. The van der Waals surface area contributed by atoms with Crippen molar-refractivity contribution >= 4 is 11.9 Å². The molecule has 0 spiro atoms. The summed E-state index contributed by atoms with van der Waals surface area (Å²) < 4.78 is 17.4. The number of hydrogen-bond acceptors (Lipinski definition) is 8. The lowest BCUT2D eigenvalue weighted by molar-refractivity contribution is -0.195. The number of carbonyl (C=O) groups is 2. The number of amides is 1. The second-order valence-corrected chi connectivity index (χ2v) is 10.6. The Balaban J connectivity index is 1.47. The molecule has 2 aromatic carbocycles. The van der Waals surface area contributed by atoms with E-state index in [1.807, 2.05) is 61.5 Å². The molecule has 3 aliphatic rings. The summed E-state index contributed by atoms with van der Waals surface area (Å²) in [5.41, 5.74) is 4.33. The normalized spacial score (nSPS) is 24.2. The highest BCUT2D eigenvalue weighted by Gasteiger charge is 2.56. The second-order valence-electron chi connectivity index (χ2n) is 10.6. The van der Waals surface area contributed by atoms with Gasteiger partial charge in [-0.2, -0.15) is 5.06 Å². The molecule has 4 atom stereocenters. The zero-order valence-corrected chi connectivity index (χ0v) is 23.3. The second kappa shape index (κ2) is 11.8. The largest absolute Gasteiger partial charge is 0.501 e. The Morgan fingerprint density at radius 1 is 1.12 bits per heavy atom. The summed E-state index contributed by atoms with van der Waals surface area (Å²) in [6, 6.07) is 12.7. The number of cyclic esters (lactones) is 1. The lowest BCUT2D eigenvalue weighted by Crippen LogP contribution is -2.35. The van der Waals surface area contributed by atoms with Gasteiger partial charge in [0.05, 0.1) is 31.9 Å². The zero-order valence-electron chi connectivity index (χ0n) is 23.3. The van der Waals surface area contributed by atoms with E-state index in [1.54, 1.807) is 31.2 Å². The van der Waals surface area contributed by atoms with E-state index >= 15 is 0 Å². The molecule has 2 heterocycles. The number of rotatable bonds is 9. The van der Waals surface area contributed by atoms with Gasteiger partial charge in [0.1, 0.15) is 30.6 Å². The molecule has 2 aromatic rings. The molecule has 212 valence electrons. The smallest absolute Gasteiger partial charge is 0.326 e. The Morgan fingerprint density at radius 3 is 2.55 bits per heavy atom. The van der Waals surface area contributed by atoms with Crippen LogP contribution < -0.4 is 4.74 Å². The Labute approximate surface area is 234 Å². The fourth-order valence-corrected chi connectivity index (χ4v) is 5.60. The third-order valence-corrected chi connectivity index (χ3v) is 7.77. The summed E-state index contributed by atoms with van der Waals surface area (Å²) in [7, 11) is 5.13. The van der Waals surface area contributed by atoms with E-state index in [9.17, 15) is 14.7 Å². The highest BCUT2D eigenvalue weighted by Crippen LogP contribution is 2.41. The van der Waals surface area contributed by atoms with Gasteiger partial charge in [-0.05, 0) is 42.7 Å². The zero-order chi connectivity index (χ0) is 28.4. The van der Waals surface area contributed by atoms with Crippen molar-refractivity contribution in [1.29, 1.82) is 0 Å². The van der Waals surface area contributed by atoms with Crippen LogP contribution >= 0.6 is 0 Å². The summed E-state index contributed by atoms with van der Waals surface area (Å²) in [5, 5.41) is 11.5. The summed E-state index contributed by atoms with van der Waals surface area (Å²) in [6.45, 7) is 2.29. The molecule has 9 nitrogen and oxygen atoms in total. The quantitative estimate of drug-likeness (QED) is 0.474. The predicted molar refractivity (Wildman–Crippen MR) is 148 cm³/mol. The Hall–Kier alpha value is -3.66. The average Bonchev–Trinajstić information content (AvgIpc) is 3.49. The number of nitrogens with zero attached hydrogens (tertiary/aromatic N) is 2. The summed E-state index contributed by atoms with van der Waals surface area (Å²) in [4.78, 5) is 32.7. The van der Waals surface area contributed by atoms with Gasteiger partial charge >= 0.3 is 5.97 Å². The van der Waals surface area contributed by atoms with Gasteiger partial charge in [0.2, 0.25) is 0 Å². The van der Waals surface area contributed by atoms with Crippen molar-refractivity contribution in [2.24, 2.45) is 5.92 Å². The van der Waals surface area contributed by atoms with Crippen LogP contribution in [-0.4, -0.2) is 79.6 Å². The van der Waals surface area contributed by atoms with Crippen molar-refractivity contribution < 1.29 is 33.7 Å². The van der Waals surface area contributed by atoms with E-state index in [4.69, 9.17) is 19.0 Å². The Bertz CT molecular complexity index is 1320. The van der Waals surface area contributed by atoms with Gasteiger partial charge in [0.25, 0.3) is 5.91 Å². The fraction of sp³-hybridized carbons (Fsp3) is 0.419. The molecular weight excluding hydrogens is 512 g/mol. The van der Waals surface area contributed by atoms with E-state index in [-0.39, 0.29) is 37.0 Å². The molecule has 2 fully saturated rings. The van der Waals surface area contributed by atoms with Crippen LogP contribution in [0, 0.1) is 5.92 Å². The van der Waals surface area contributed by atoms with Gasteiger partial charge < -0.3 is 24.2 Å². The number of aliphatic hydroxyl groups excluding tert-OH is 1. The van der Waals surface area contributed by atoms with Gasteiger partial charge in [-0.15, -0.1) is 0 Å². The van der Waals surface area contributed by atoms with E-state index in [0.717, 1.165) is 40.9 Å². The fourth-order valence-electron chi connectivity index (χ4n) is 5.60. The predicted octanol–water partition coefficient (Wildman–Crippen LogP) is 3.72. The molecule has 0 aromatic heterocycles. The molecule has 0 radical (unpaired) electrons. The standard InChI is InChI=1S/C31H36N2O7/c1-19-27-26(17-34)40-33(28(27)31(36)39-19)16-23-6-5-7-25(21-10-12-22(13-11-21)30(35)32(2)3)29(23)38-18-20-8-14-24(37-4)15-9-20/h5-8,10-14,19,26-28,34H,9,15-18H2,1-4H3/t19-,26-,27+,28-/m0/s1. The Morgan fingerprint density at radius 2 is 1.90 bits per heavy atom. The molecule has 5 rings (SSSR count).